The third-order valence-electron chi connectivity index (χ3n) is 3.44. The van der Waals surface area contributed by atoms with Gasteiger partial charge in [0, 0.05) is 11.1 Å². The minimum Gasteiger partial charge on any atom is -0.492 e. The molecular formula is C19H22O5. The molecule has 128 valence electrons. The van der Waals surface area contributed by atoms with E-state index in [0.717, 1.165) is 6.42 Å². The van der Waals surface area contributed by atoms with E-state index < -0.39 is 11.9 Å². The van der Waals surface area contributed by atoms with Gasteiger partial charge in [-0.1, -0.05) is 37.3 Å². The first kappa shape index (κ1) is 17.8. The number of esters is 2. The standard InChI is InChI=1S/C19H22O5/c1-4-12-24-17-15(18(20)22-5-2)13-10-8-7-9-11-14(13)16(17)19(21)23-6-3/h7-11H,4-6,12H2,1-3H3. The molecular weight excluding hydrogens is 308 g/mol. The van der Waals surface area contributed by atoms with E-state index in [-0.39, 0.29) is 30.1 Å². The van der Waals surface area contributed by atoms with Crippen LogP contribution in [-0.4, -0.2) is 31.8 Å². The minimum absolute atomic E-state index is 0.242. The number of fused-ring (bicyclic) bond motifs is 1. The molecule has 5 nitrogen and oxygen atoms in total. The summed E-state index contributed by atoms with van der Waals surface area (Å²) in [6, 6.07) is 9.01. The molecule has 0 fully saturated rings. The SMILES string of the molecule is CCCOc1c(C(=O)OCC)c2cccccc-2c1C(=O)OCC. The second-order valence-electron chi connectivity index (χ2n) is 5.11. The Kier molecular flexibility index (Phi) is 6.18. The van der Waals surface area contributed by atoms with Crippen LogP contribution in [0.1, 0.15) is 47.9 Å². The summed E-state index contributed by atoms with van der Waals surface area (Å²) in [6.45, 7) is 6.31. The molecule has 0 saturated carbocycles. The molecule has 0 unspecified atom stereocenters. The fraction of sp³-hybridized carbons (Fsp3) is 0.368. The van der Waals surface area contributed by atoms with E-state index in [1.807, 2.05) is 25.1 Å². The highest BCUT2D eigenvalue weighted by atomic mass is 16.5. The van der Waals surface area contributed by atoms with E-state index in [1.165, 1.54) is 0 Å². The summed E-state index contributed by atoms with van der Waals surface area (Å²) in [4.78, 5) is 25.0. The highest BCUT2D eigenvalue weighted by molar-refractivity contribution is 6.12. The summed E-state index contributed by atoms with van der Waals surface area (Å²) in [5.41, 5.74) is 1.79. The zero-order valence-corrected chi connectivity index (χ0v) is 14.3. The summed E-state index contributed by atoms with van der Waals surface area (Å²) >= 11 is 0. The van der Waals surface area contributed by atoms with Crippen LogP contribution in [0.25, 0.3) is 11.1 Å². The molecule has 0 radical (unpaired) electrons. The fourth-order valence-electron chi connectivity index (χ4n) is 2.51. The molecule has 0 saturated heterocycles. The van der Waals surface area contributed by atoms with Gasteiger partial charge in [0.25, 0.3) is 0 Å². The van der Waals surface area contributed by atoms with Gasteiger partial charge in [-0.2, -0.15) is 0 Å². The Morgan fingerprint density at radius 1 is 0.833 bits per heavy atom. The molecule has 2 aliphatic rings. The second kappa shape index (κ2) is 8.34. The van der Waals surface area contributed by atoms with Crippen molar-refractivity contribution in [3.63, 3.8) is 0 Å². The van der Waals surface area contributed by atoms with Crippen LogP contribution in [0.3, 0.4) is 0 Å². The van der Waals surface area contributed by atoms with E-state index in [2.05, 4.69) is 0 Å². The highest BCUT2D eigenvalue weighted by Crippen LogP contribution is 2.42. The maximum Gasteiger partial charge on any atom is 0.342 e. The quantitative estimate of drug-likeness (QED) is 0.720. The van der Waals surface area contributed by atoms with Gasteiger partial charge in [0.05, 0.1) is 19.8 Å². The molecule has 24 heavy (non-hydrogen) atoms. The predicted molar refractivity (Wildman–Crippen MR) is 90.8 cm³/mol. The number of hydrogen-bond acceptors (Lipinski definition) is 5. The molecule has 0 atom stereocenters. The first-order valence-corrected chi connectivity index (χ1v) is 8.17. The molecule has 2 aliphatic carbocycles. The molecule has 5 heteroatoms. The predicted octanol–water partition coefficient (Wildman–Crippen LogP) is 3.93. The van der Waals surface area contributed by atoms with Gasteiger partial charge in [-0.05, 0) is 20.3 Å². The largest absolute Gasteiger partial charge is 0.492 e. The van der Waals surface area contributed by atoms with Crippen LogP contribution in [0.4, 0.5) is 0 Å². The summed E-state index contributed by atoms with van der Waals surface area (Å²) in [7, 11) is 0. The molecule has 2 rings (SSSR count). The summed E-state index contributed by atoms with van der Waals surface area (Å²) < 4.78 is 16.1. The summed E-state index contributed by atoms with van der Waals surface area (Å²) in [6.07, 6.45) is 0.750. The van der Waals surface area contributed by atoms with Crippen LogP contribution in [0.15, 0.2) is 30.3 Å². The van der Waals surface area contributed by atoms with Gasteiger partial charge in [0.1, 0.15) is 16.9 Å². The molecule has 0 aromatic carbocycles. The van der Waals surface area contributed by atoms with Gasteiger partial charge in [-0.15, -0.1) is 0 Å². The van der Waals surface area contributed by atoms with Crippen molar-refractivity contribution in [1.82, 2.24) is 0 Å². The highest BCUT2D eigenvalue weighted by Gasteiger charge is 2.33. The van der Waals surface area contributed by atoms with E-state index >= 15 is 0 Å². The van der Waals surface area contributed by atoms with Gasteiger partial charge >= 0.3 is 11.9 Å². The molecule has 0 aromatic heterocycles. The van der Waals surface area contributed by atoms with Crippen LogP contribution < -0.4 is 4.74 Å². The topological polar surface area (TPSA) is 61.8 Å². The normalized spacial score (nSPS) is 10.5. The second-order valence-corrected chi connectivity index (χ2v) is 5.11. The Morgan fingerprint density at radius 2 is 1.33 bits per heavy atom. The van der Waals surface area contributed by atoms with Crippen molar-refractivity contribution in [2.45, 2.75) is 27.2 Å². The van der Waals surface area contributed by atoms with Gasteiger partial charge in [0.2, 0.25) is 0 Å². The zero-order valence-electron chi connectivity index (χ0n) is 14.3. The smallest absolute Gasteiger partial charge is 0.342 e. The molecule has 0 amide bonds. The van der Waals surface area contributed by atoms with E-state index in [1.54, 1.807) is 26.0 Å². The number of ether oxygens (including phenoxy) is 3. The Hall–Kier alpha value is -2.56. The van der Waals surface area contributed by atoms with Crippen LogP contribution >= 0.6 is 0 Å². The van der Waals surface area contributed by atoms with Crippen molar-refractivity contribution in [2.75, 3.05) is 19.8 Å². The third kappa shape index (κ3) is 3.50. The number of carbonyl (C=O) groups excluding carboxylic acids is 2. The van der Waals surface area contributed by atoms with Gasteiger partial charge < -0.3 is 14.2 Å². The zero-order chi connectivity index (χ0) is 17.5. The Balaban J connectivity index is 2.72. The Morgan fingerprint density at radius 3 is 1.75 bits per heavy atom. The van der Waals surface area contributed by atoms with Crippen molar-refractivity contribution in [3.8, 4) is 16.9 Å². The average molecular weight is 330 g/mol. The summed E-state index contributed by atoms with van der Waals surface area (Å²) in [5.74, 6) is -0.763. The lowest BCUT2D eigenvalue weighted by molar-refractivity contribution is 0.0521. The van der Waals surface area contributed by atoms with E-state index in [9.17, 15) is 9.59 Å². The van der Waals surface area contributed by atoms with Crippen molar-refractivity contribution in [2.24, 2.45) is 0 Å². The van der Waals surface area contributed by atoms with Gasteiger partial charge in [0.15, 0.2) is 0 Å². The first-order valence-electron chi connectivity index (χ1n) is 8.17. The van der Waals surface area contributed by atoms with Crippen LogP contribution in [-0.2, 0) is 9.47 Å². The molecule has 0 aliphatic heterocycles. The minimum atomic E-state index is -0.504. The number of hydrogen-bond donors (Lipinski definition) is 0. The maximum absolute atomic E-state index is 12.5. The molecule has 0 aromatic rings. The van der Waals surface area contributed by atoms with E-state index in [4.69, 9.17) is 14.2 Å². The Bertz CT molecular complexity index is 640. The lowest BCUT2D eigenvalue weighted by Gasteiger charge is -2.09. The van der Waals surface area contributed by atoms with Crippen LogP contribution in [0.5, 0.6) is 5.75 Å². The number of carbonyl (C=O) groups is 2. The van der Waals surface area contributed by atoms with E-state index in [0.29, 0.717) is 17.7 Å². The van der Waals surface area contributed by atoms with Crippen LogP contribution in [0.2, 0.25) is 0 Å². The average Bonchev–Trinajstić information content (AvgIpc) is 2.69. The van der Waals surface area contributed by atoms with Gasteiger partial charge in [-0.3, -0.25) is 0 Å². The lowest BCUT2D eigenvalue weighted by Crippen LogP contribution is -2.10. The van der Waals surface area contributed by atoms with Crippen molar-refractivity contribution >= 4 is 11.9 Å². The monoisotopic (exact) mass is 330 g/mol. The molecule has 0 N–H and O–H groups in total. The molecule has 0 spiro atoms. The summed E-state index contributed by atoms with van der Waals surface area (Å²) in [5, 5.41) is 0. The fourth-order valence-corrected chi connectivity index (χ4v) is 2.51. The first-order chi connectivity index (χ1) is 11.7. The van der Waals surface area contributed by atoms with Crippen LogP contribution in [0, 0.1) is 0 Å². The molecule has 0 bridgehead atoms. The lowest BCUT2D eigenvalue weighted by atomic mass is 10.1. The number of rotatable bonds is 7. The maximum atomic E-state index is 12.5. The third-order valence-corrected chi connectivity index (χ3v) is 3.44. The van der Waals surface area contributed by atoms with Crippen molar-refractivity contribution in [1.29, 1.82) is 0 Å². The molecule has 0 heterocycles. The van der Waals surface area contributed by atoms with Gasteiger partial charge in [-0.25, -0.2) is 9.59 Å². The Labute approximate surface area is 141 Å². The van der Waals surface area contributed by atoms with Crippen molar-refractivity contribution < 1.29 is 23.8 Å². The van der Waals surface area contributed by atoms with Crippen molar-refractivity contribution in [3.05, 3.63) is 41.5 Å².